The number of benzene rings is 1. The van der Waals surface area contributed by atoms with Crippen molar-refractivity contribution in [3.63, 3.8) is 0 Å². The number of carbonyl (C=O) groups is 3. The molecule has 2 saturated heterocycles. The topological polar surface area (TPSA) is 73.0 Å². The van der Waals surface area contributed by atoms with Crippen molar-refractivity contribution in [2.45, 2.75) is 44.2 Å². The van der Waals surface area contributed by atoms with Gasteiger partial charge >= 0.3 is 6.03 Å². The van der Waals surface area contributed by atoms with E-state index in [4.69, 9.17) is 0 Å². The molecule has 2 atom stereocenters. The fourth-order valence-electron chi connectivity index (χ4n) is 4.39. The third-order valence-electron chi connectivity index (χ3n) is 6.45. The van der Waals surface area contributed by atoms with E-state index in [1.807, 2.05) is 18.2 Å². The van der Waals surface area contributed by atoms with Gasteiger partial charge in [0.1, 0.15) is 12.1 Å². The average molecular weight is 384 g/mol. The van der Waals surface area contributed by atoms with Gasteiger partial charge in [-0.2, -0.15) is 0 Å². The molecule has 1 aromatic rings. The predicted molar refractivity (Wildman–Crippen MR) is 106 cm³/mol. The predicted octanol–water partition coefficient (Wildman–Crippen LogP) is 1.83. The number of carbonyl (C=O) groups excluding carboxylic acids is 3. The first-order valence-electron chi connectivity index (χ1n) is 10.1. The summed E-state index contributed by atoms with van der Waals surface area (Å²) in [5.74, 6) is -0.265. The molecule has 0 aromatic heterocycles. The highest BCUT2D eigenvalue weighted by atomic mass is 16.2. The molecule has 4 rings (SSSR count). The summed E-state index contributed by atoms with van der Waals surface area (Å²) in [6.07, 6.45) is 3.81. The smallest absolute Gasteiger partial charge is 0.325 e. The minimum absolute atomic E-state index is 0.0667. The van der Waals surface area contributed by atoms with Crippen molar-refractivity contribution in [3.8, 4) is 0 Å². The van der Waals surface area contributed by atoms with Gasteiger partial charge in [-0.05, 0) is 50.7 Å². The summed E-state index contributed by atoms with van der Waals surface area (Å²) in [6, 6.07) is 9.80. The zero-order valence-electron chi connectivity index (χ0n) is 16.6. The zero-order valence-corrected chi connectivity index (χ0v) is 16.6. The molecule has 4 amide bonds. The van der Waals surface area contributed by atoms with Gasteiger partial charge in [-0.1, -0.05) is 18.2 Å². The summed E-state index contributed by atoms with van der Waals surface area (Å²) in [4.78, 5) is 43.0. The van der Waals surface area contributed by atoms with E-state index >= 15 is 0 Å². The molecule has 28 heavy (non-hydrogen) atoms. The molecular formula is C21H28N4O3. The highest BCUT2D eigenvalue weighted by Crippen LogP contribution is 2.42. The molecule has 1 aliphatic carbocycles. The Bertz CT molecular complexity index is 779. The number of likely N-dealkylation sites (N-methyl/N-ethyl adjacent to an activating group) is 1. The summed E-state index contributed by atoms with van der Waals surface area (Å²) in [7, 11) is 1.78. The van der Waals surface area contributed by atoms with Crippen molar-refractivity contribution in [2.24, 2.45) is 5.92 Å². The summed E-state index contributed by atoms with van der Waals surface area (Å²) >= 11 is 0. The number of para-hydroxylation sites is 1. The van der Waals surface area contributed by atoms with E-state index < -0.39 is 11.6 Å². The minimum Gasteiger partial charge on any atom is -0.369 e. The van der Waals surface area contributed by atoms with Crippen molar-refractivity contribution in [1.29, 1.82) is 0 Å². The molecule has 7 heteroatoms. The van der Waals surface area contributed by atoms with E-state index in [9.17, 15) is 14.4 Å². The lowest BCUT2D eigenvalue weighted by Crippen LogP contribution is -2.52. The Morgan fingerprint density at radius 2 is 1.93 bits per heavy atom. The van der Waals surface area contributed by atoms with E-state index in [0.29, 0.717) is 0 Å². The average Bonchev–Trinajstić information content (AvgIpc) is 3.54. The lowest BCUT2D eigenvalue weighted by Gasteiger charge is -2.39. The third-order valence-corrected chi connectivity index (χ3v) is 6.45. The Balaban J connectivity index is 1.39. The highest BCUT2D eigenvalue weighted by molar-refractivity contribution is 6.09. The third kappa shape index (κ3) is 3.34. The van der Waals surface area contributed by atoms with E-state index in [2.05, 4.69) is 22.3 Å². The molecule has 0 radical (unpaired) electrons. The molecule has 7 nitrogen and oxygen atoms in total. The van der Waals surface area contributed by atoms with E-state index in [1.54, 1.807) is 18.9 Å². The van der Waals surface area contributed by atoms with Crippen LogP contribution in [0.1, 0.15) is 32.6 Å². The molecule has 1 N–H and O–H groups in total. The van der Waals surface area contributed by atoms with Crippen LogP contribution in [0.4, 0.5) is 10.5 Å². The largest absolute Gasteiger partial charge is 0.369 e. The maximum Gasteiger partial charge on any atom is 0.325 e. The lowest BCUT2D eigenvalue weighted by molar-refractivity contribution is -0.139. The molecule has 3 aliphatic rings. The molecule has 2 aliphatic heterocycles. The molecule has 2 unspecified atom stereocenters. The van der Waals surface area contributed by atoms with Gasteiger partial charge in [-0.3, -0.25) is 14.5 Å². The molecule has 0 bridgehead atoms. The first-order chi connectivity index (χ1) is 13.4. The fraction of sp³-hybridized carbons (Fsp3) is 0.571. The zero-order chi connectivity index (χ0) is 19.9. The van der Waals surface area contributed by atoms with Gasteiger partial charge in [-0.25, -0.2) is 4.79 Å². The molecule has 3 fully saturated rings. The Hall–Kier alpha value is -2.57. The van der Waals surface area contributed by atoms with Crippen molar-refractivity contribution < 1.29 is 14.4 Å². The van der Waals surface area contributed by atoms with E-state index in [1.165, 1.54) is 0 Å². The number of rotatable bonds is 5. The number of anilines is 1. The van der Waals surface area contributed by atoms with Crippen molar-refractivity contribution in [1.82, 2.24) is 15.1 Å². The highest BCUT2D eigenvalue weighted by Gasteiger charge is 2.56. The number of imide groups is 1. The van der Waals surface area contributed by atoms with Crippen LogP contribution in [0.15, 0.2) is 30.3 Å². The van der Waals surface area contributed by atoms with Crippen molar-refractivity contribution >= 4 is 23.5 Å². The molecule has 1 saturated carbocycles. The first kappa shape index (κ1) is 18.8. The summed E-state index contributed by atoms with van der Waals surface area (Å²) < 4.78 is 0. The van der Waals surface area contributed by atoms with Crippen LogP contribution in [0.3, 0.4) is 0 Å². The van der Waals surface area contributed by atoms with Gasteiger partial charge in [0.05, 0.1) is 0 Å². The number of amides is 4. The number of urea groups is 1. The van der Waals surface area contributed by atoms with Crippen LogP contribution in [-0.2, 0) is 9.59 Å². The van der Waals surface area contributed by atoms with Gasteiger partial charge in [0.2, 0.25) is 5.91 Å². The van der Waals surface area contributed by atoms with Crippen LogP contribution in [0, 0.1) is 5.92 Å². The first-order valence-corrected chi connectivity index (χ1v) is 10.1. The number of hydrogen-bond acceptors (Lipinski definition) is 4. The fourth-order valence-corrected chi connectivity index (χ4v) is 4.39. The van der Waals surface area contributed by atoms with Crippen LogP contribution in [0.2, 0.25) is 0 Å². The molecule has 2 heterocycles. The summed E-state index contributed by atoms with van der Waals surface area (Å²) in [6.45, 7) is 3.31. The molecule has 150 valence electrons. The second kappa shape index (κ2) is 7.11. The van der Waals surface area contributed by atoms with Gasteiger partial charge < -0.3 is 15.1 Å². The van der Waals surface area contributed by atoms with Crippen molar-refractivity contribution in [2.75, 3.05) is 31.6 Å². The van der Waals surface area contributed by atoms with Gasteiger partial charge in [0.25, 0.3) is 5.91 Å². The molecule has 1 aromatic carbocycles. The Morgan fingerprint density at radius 1 is 1.21 bits per heavy atom. The minimum atomic E-state index is -0.842. The van der Waals surface area contributed by atoms with Crippen LogP contribution < -0.4 is 10.2 Å². The monoisotopic (exact) mass is 384 g/mol. The second-order valence-electron chi connectivity index (χ2n) is 8.38. The maximum absolute atomic E-state index is 12.9. The molecule has 0 spiro atoms. The number of nitrogens with one attached hydrogen (secondary N) is 1. The quantitative estimate of drug-likeness (QED) is 0.786. The van der Waals surface area contributed by atoms with Gasteiger partial charge in [-0.15, -0.1) is 0 Å². The Morgan fingerprint density at radius 3 is 2.61 bits per heavy atom. The number of piperidine rings is 1. The maximum atomic E-state index is 12.9. The van der Waals surface area contributed by atoms with Crippen LogP contribution in [0.5, 0.6) is 0 Å². The molecular weight excluding hydrogens is 356 g/mol. The van der Waals surface area contributed by atoms with Gasteiger partial charge in [0.15, 0.2) is 0 Å². The van der Waals surface area contributed by atoms with Crippen molar-refractivity contribution in [3.05, 3.63) is 30.3 Å². The van der Waals surface area contributed by atoms with E-state index in [0.717, 1.165) is 49.4 Å². The van der Waals surface area contributed by atoms with Crippen LogP contribution in [0.25, 0.3) is 0 Å². The number of hydrogen-bond donors (Lipinski definition) is 1. The standard InChI is InChI=1S/C21H28N4O3/c1-21(15-10-11-15)19(27)25(20(28)22-21)14-18(26)23(2)17-9-6-12-24(13-17)16-7-4-3-5-8-16/h3-5,7-8,15,17H,6,9-14H2,1-2H3,(H,22,28). The summed E-state index contributed by atoms with van der Waals surface area (Å²) in [5.41, 5.74) is 0.313. The number of nitrogens with zero attached hydrogens (tertiary/aromatic N) is 3. The lowest BCUT2D eigenvalue weighted by atomic mass is 9.96. The Labute approximate surface area is 165 Å². The SMILES string of the molecule is CN(C(=O)CN1C(=O)NC(C)(C2CC2)C1=O)C1CCCN(c2ccccc2)C1. The second-order valence-corrected chi connectivity index (χ2v) is 8.38. The van der Waals surface area contributed by atoms with Gasteiger partial charge in [0, 0.05) is 31.9 Å². The normalized spacial score (nSPS) is 27.7. The summed E-state index contributed by atoms with van der Waals surface area (Å²) in [5, 5.41) is 2.80. The van der Waals surface area contributed by atoms with Crippen LogP contribution in [-0.4, -0.2) is 65.9 Å². The van der Waals surface area contributed by atoms with Crippen LogP contribution >= 0.6 is 0 Å². The Kier molecular flexibility index (Phi) is 4.77. The van der Waals surface area contributed by atoms with E-state index in [-0.39, 0.29) is 30.3 Å².